The second kappa shape index (κ2) is 27.8. The Labute approximate surface area is 450 Å². The van der Waals surface area contributed by atoms with Gasteiger partial charge in [0.1, 0.15) is 42.3 Å². The quantitative estimate of drug-likeness (QED) is 0.0343. The van der Waals surface area contributed by atoms with Crippen molar-refractivity contribution >= 4 is 81.7 Å². The normalized spacial score (nSPS) is 16.2. The van der Waals surface area contributed by atoms with E-state index in [0.29, 0.717) is 17.0 Å². The van der Waals surface area contributed by atoms with Crippen molar-refractivity contribution in [3.05, 3.63) is 90.1 Å². The fourth-order valence-corrected chi connectivity index (χ4v) is 9.70. The molecule has 1 fully saturated rings. The van der Waals surface area contributed by atoms with E-state index in [1.807, 2.05) is 38.1 Å². The number of amides is 10. The first-order chi connectivity index (χ1) is 36.4. The summed E-state index contributed by atoms with van der Waals surface area (Å²) in [5, 5.41) is 19.2. The molecule has 0 saturated carbocycles. The summed E-state index contributed by atoms with van der Waals surface area (Å²) < 4.78 is 0. The Bertz CT molecular complexity index is 2730. The van der Waals surface area contributed by atoms with E-state index >= 15 is 0 Å². The maximum absolute atomic E-state index is 14.3. The summed E-state index contributed by atoms with van der Waals surface area (Å²) in [6, 6.07) is 6.70. The molecule has 8 atom stereocenters. The Kier molecular flexibility index (Phi) is 21.7. The number of nitrogens with two attached hydrogens (primary N) is 3. The van der Waals surface area contributed by atoms with E-state index in [2.05, 4.69) is 52.2 Å². The molecule has 0 aliphatic carbocycles. The highest BCUT2D eigenvalue weighted by Gasteiger charge is 2.39. The van der Waals surface area contributed by atoms with Crippen molar-refractivity contribution in [2.24, 2.45) is 28.5 Å². The molecular formula is C52H72N14O10S. The van der Waals surface area contributed by atoms with Crippen molar-refractivity contribution in [1.29, 1.82) is 0 Å². The lowest BCUT2D eigenvalue weighted by atomic mass is 9.86. The van der Waals surface area contributed by atoms with Gasteiger partial charge in [-0.05, 0) is 54.7 Å². The molecule has 77 heavy (non-hydrogen) atoms. The van der Waals surface area contributed by atoms with Gasteiger partial charge < -0.3 is 69.3 Å². The number of carbonyl (C=O) groups is 10. The molecule has 0 radical (unpaired) electrons. The third-order valence-electron chi connectivity index (χ3n) is 12.7. The molecule has 1 saturated heterocycles. The smallest absolute Gasteiger partial charge is 0.246 e. The van der Waals surface area contributed by atoms with Gasteiger partial charge in [0.15, 0.2) is 0 Å². The monoisotopic (exact) mass is 1080 g/mol. The highest BCUT2D eigenvalue weighted by atomic mass is 32.2. The zero-order chi connectivity index (χ0) is 56.6. The molecule has 0 bridgehead atoms. The molecule has 4 aromatic rings. The largest absolute Gasteiger partial charge is 0.370 e. The highest BCUT2D eigenvalue weighted by Crippen LogP contribution is 2.24. The van der Waals surface area contributed by atoms with Crippen LogP contribution >= 0.6 is 11.8 Å². The number of hydrogen-bond acceptors (Lipinski definition) is 13. The number of H-pyrrole nitrogens is 2. The van der Waals surface area contributed by atoms with Crippen LogP contribution in [0.25, 0.3) is 10.9 Å². The zero-order valence-corrected chi connectivity index (χ0v) is 44.9. The number of fused-ring (bicyclic) bond motifs is 1. The fraction of sp³-hybridized carbons (Fsp3) is 0.481. The first-order valence-electron chi connectivity index (χ1n) is 25.3. The Balaban J connectivity index is 1.26. The van der Waals surface area contributed by atoms with E-state index in [0.717, 1.165) is 16.5 Å². The summed E-state index contributed by atoms with van der Waals surface area (Å²) in [5.74, 6) is -6.83. The summed E-state index contributed by atoms with van der Waals surface area (Å²) in [6.07, 6.45) is 4.21. The van der Waals surface area contributed by atoms with Crippen LogP contribution < -0.4 is 54.4 Å². The number of benzene rings is 2. The number of primary amides is 2. The number of nitrogens with one attached hydrogen (secondary N) is 9. The van der Waals surface area contributed by atoms with E-state index in [9.17, 15) is 47.9 Å². The van der Waals surface area contributed by atoms with Gasteiger partial charge in [-0.15, -0.1) is 11.8 Å². The fourth-order valence-electron chi connectivity index (χ4n) is 8.52. The van der Waals surface area contributed by atoms with Gasteiger partial charge in [0.2, 0.25) is 59.1 Å². The molecule has 5 rings (SSSR count). The molecule has 1 aliphatic heterocycles. The summed E-state index contributed by atoms with van der Waals surface area (Å²) in [4.78, 5) is 146. The third-order valence-corrected chi connectivity index (χ3v) is 13.7. The standard InChI is InChI=1S/C52H72N14O10S/c1-28(2)18-39(51(76)66-27-77-25-40(66)44(55)69)64-49(74)38(21-32-23-56-26-59-32)61-42(68)24-58-50(75)43(52(4,5)6)65-45(70)29(3)60-48(73)37(20-31-22-57-35-15-11-10-14-33(31)35)63-47(72)36(16-17-41(54)67)62-46(71)34(53)19-30-12-8-7-9-13-30/h7-15,22-23,26,28-29,34,36-40,43,57H,16-21,24-25,27,53H2,1-6H3,(H2,54,67)(H2,55,69)(H,56,59)(H,58,75)(H,60,73)(H,61,68)(H,62,71)(H,63,72)(H,64,74)(H,65,70)/t29-,34+,36-,37-,38-,39-,40-,43+/m0/s1. The van der Waals surface area contributed by atoms with Crippen molar-refractivity contribution in [3.63, 3.8) is 0 Å². The van der Waals surface area contributed by atoms with Gasteiger partial charge in [-0.1, -0.05) is 83.1 Å². The molecule has 15 N–H and O–H groups in total. The minimum atomic E-state index is -1.36. The molecular weight excluding hydrogens is 1010 g/mol. The Morgan fingerprint density at radius 3 is 2.01 bits per heavy atom. The lowest BCUT2D eigenvalue weighted by Gasteiger charge is -2.31. The van der Waals surface area contributed by atoms with Crippen LogP contribution in [0.3, 0.4) is 0 Å². The van der Waals surface area contributed by atoms with Crippen molar-refractivity contribution < 1.29 is 47.9 Å². The number of rotatable bonds is 27. The average molecular weight is 1090 g/mol. The van der Waals surface area contributed by atoms with Crippen LogP contribution in [0, 0.1) is 11.3 Å². The molecule has 0 spiro atoms. The lowest BCUT2D eigenvalue weighted by Crippen LogP contribution is -2.60. The van der Waals surface area contributed by atoms with Crippen LogP contribution in [0.2, 0.25) is 0 Å². The van der Waals surface area contributed by atoms with Gasteiger partial charge in [0, 0.05) is 54.0 Å². The topological polar surface area (TPSA) is 381 Å². The highest BCUT2D eigenvalue weighted by molar-refractivity contribution is 7.99. The molecule has 3 heterocycles. The average Bonchev–Trinajstić information content (AvgIpc) is 4.18. The summed E-state index contributed by atoms with van der Waals surface area (Å²) >= 11 is 1.36. The number of thioether (sulfide) groups is 1. The van der Waals surface area contributed by atoms with Gasteiger partial charge in [0.25, 0.3) is 0 Å². The number of hydrogen-bond donors (Lipinski definition) is 12. The van der Waals surface area contributed by atoms with E-state index in [1.165, 1.54) is 36.1 Å². The first-order valence-corrected chi connectivity index (χ1v) is 26.4. The zero-order valence-electron chi connectivity index (χ0n) is 44.1. The third kappa shape index (κ3) is 17.9. The van der Waals surface area contributed by atoms with Gasteiger partial charge in [0.05, 0.1) is 24.8 Å². The van der Waals surface area contributed by atoms with Crippen LogP contribution in [-0.4, -0.2) is 145 Å². The minimum Gasteiger partial charge on any atom is -0.370 e. The Morgan fingerprint density at radius 2 is 1.36 bits per heavy atom. The molecule has 0 unspecified atom stereocenters. The maximum atomic E-state index is 14.3. The van der Waals surface area contributed by atoms with Crippen LogP contribution in [0.4, 0.5) is 0 Å². The number of aromatic amines is 2. The van der Waals surface area contributed by atoms with Crippen LogP contribution in [0.5, 0.6) is 0 Å². The van der Waals surface area contributed by atoms with E-state index in [1.54, 1.807) is 57.3 Å². The van der Waals surface area contributed by atoms with Crippen molar-refractivity contribution in [2.75, 3.05) is 18.2 Å². The number of aromatic nitrogens is 3. The number of para-hydroxylation sites is 1. The van der Waals surface area contributed by atoms with Crippen LogP contribution in [-0.2, 0) is 67.2 Å². The molecule has 2 aromatic carbocycles. The van der Waals surface area contributed by atoms with Gasteiger partial charge in [-0.3, -0.25) is 47.9 Å². The summed E-state index contributed by atoms with van der Waals surface area (Å²) in [6.45, 7) is 9.46. The van der Waals surface area contributed by atoms with Gasteiger partial charge >= 0.3 is 0 Å². The van der Waals surface area contributed by atoms with Crippen LogP contribution in [0.15, 0.2) is 73.3 Å². The number of imidazole rings is 1. The maximum Gasteiger partial charge on any atom is 0.246 e. The SMILES string of the molecule is CC(C)C[C@H](NC(=O)[C@H](Cc1cnc[nH]1)NC(=O)CNC(=O)[C@@H](NC(=O)[C@H](C)NC(=O)[C@H](Cc1c[nH]c2ccccc12)NC(=O)[C@H](CCC(N)=O)NC(=O)[C@H](N)Cc1ccccc1)C(C)(C)C)C(=O)N1CSC[C@H]1C(N)=O. The Hall–Kier alpha value is -7.80. The van der Waals surface area contributed by atoms with E-state index in [4.69, 9.17) is 17.2 Å². The molecule has 25 heteroatoms. The molecule has 1 aliphatic rings. The van der Waals surface area contributed by atoms with Crippen molar-refractivity contribution in [3.8, 4) is 0 Å². The minimum absolute atomic E-state index is 0.0589. The second-order valence-corrected chi connectivity index (χ2v) is 21.6. The lowest BCUT2D eigenvalue weighted by molar-refractivity contribution is -0.141. The molecule has 10 amide bonds. The van der Waals surface area contributed by atoms with Gasteiger partial charge in [-0.2, -0.15) is 0 Å². The summed E-state index contributed by atoms with van der Waals surface area (Å²) in [7, 11) is 0. The molecule has 2 aromatic heterocycles. The van der Waals surface area contributed by atoms with E-state index < -0.39 is 119 Å². The van der Waals surface area contributed by atoms with Crippen LogP contribution in [0.1, 0.15) is 77.6 Å². The first kappa shape index (κ1) is 60.1. The number of carbonyl (C=O) groups excluding carboxylic acids is 10. The molecule has 416 valence electrons. The van der Waals surface area contributed by atoms with E-state index in [-0.39, 0.29) is 50.3 Å². The predicted octanol–water partition coefficient (Wildman–Crippen LogP) is -0.964. The predicted molar refractivity (Wildman–Crippen MR) is 287 cm³/mol. The summed E-state index contributed by atoms with van der Waals surface area (Å²) in [5.41, 5.74) is 18.9. The van der Waals surface area contributed by atoms with Gasteiger partial charge in [-0.25, -0.2) is 4.98 Å². The van der Waals surface area contributed by atoms with Crippen molar-refractivity contribution in [1.82, 2.24) is 57.1 Å². The second-order valence-electron chi connectivity index (χ2n) is 20.6. The molecule has 24 nitrogen and oxygen atoms in total. The Morgan fingerprint density at radius 1 is 0.727 bits per heavy atom. The number of nitrogens with zero attached hydrogens (tertiary/aromatic N) is 2. The van der Waals surface area contributed by atoms with Crippen molar-refractivity contribution in [2.45, 2.75) is 128 Å².